The van der Waals surface area contributed by atoms with Crippen LogP contribution in [0.15, 0.2) is 24.5 Å². The van der Waals surface area contributed by atoms with E-state index in [-0.39, 0.29) is 0 Å². The lowest BCUT2D eigenvalue weighted by Crippen LogP contribution is -2.18. The summed E-state index contributed by atoms with van der Waals surface area (Å²) in [5.41, 5.74) is 5.50. The molecule has 0 bridgehead atoms. The Labute approximate surface area is 109 Å². The Bertz CT molecular complexity index is 477. The van der Waals surface area contributed by atoms with E-state index in [2.05, 4.69) is 48.2 Å². The molecule has 18 heavy (non-hydrogen) atoms. The standard InChI is InChI=1S/C15H21N3/c1-11-8-12(2)14(13(3)9-11)10-16-5-4-15-17-6-7-18-15/h6-9,16H,4-5,10H2,1-3H3,(H,17,18). The van der Waals surface area contributed by atoms with Crippen LogP contribution in [0.4, 0.5) is 0 Å². The van der Waals surface area contributed by atoms with Crippen LogP contribution in [0.25, 0.3) is 0 Å². The first-order valence-corrected chi connectivity index (χ1v) is 6.42. The number of hydrogen-bond donors (Lipinski definition) is 2. The van der Waals surface area contributed by atoms with E-state index in [1.807, 2.05) is 6.20 Å². The number of nitrogens with one attached hydrogen (secondary N) is 2. The largest absolute Gasteiger partial charge is 0.349 e. The van der Waals surface area contributed by atoms with Crippen LogP contribution in [-0.2, 0) is 13.0 Å². The van der Waals surface area contributed by atoms with Crippen LogP contribution in [0.5, 0.6) is 0 Å². The fourth-order valence-electron chi connectivity index (χ4n) is 2.34. The van der Waals surface area contributed by atoms with Gasteiger partial charge >= 0.3 is 0 Å². The Kier molecular flexibility index (Phi) is 4.15. The second kappa shape index (κ2) is 5.83. The molecule has 2 rings (SSSR count). The van der Waals surface area contributed by atoms with Crippen molar-refractivity contribution >= 4 is 0 Å². The van der Waals surface area contributed by atoms with E-state index in [0.717, 1.165) is 25.3 Å². The molecule has 0 aliphatic rings. The van der Waals surface area contributed by atoms with Crippen molar-refractivity contribution in [3.63, 3.8) is 0 Å². The molecule has 0 unspecified atom stereocenters. The Balaban J connectivity index is 1.87. The monoisotopic (exact) mass is 243 g/mol. The average Bonchev–Trinajstić information content (AvgIpc) is 2.79. The summed E-state index contributed by atoms with van der Waals surface area (Å²) in [5, 5.41) is 3.48. The Morgan fingerprint density at radius 3 is 2.50 bits per heavy atom. The van der Waals surface area contributed by atoms with Crippen LogP contribution in [0.2, 0.25) is 0 Å². The molecule has 96 valence electrons. The minimum Gasteiger partial charge on any atom is -0.349 e. The van der Waals surface area contributed by atoms with Crippen molar-refractivity contribution in [2.45, 2.75) is 33.7 Å². The lowest BCUT2D eigenvalue weighted by atomic mass is 10.00. The van der Waals surface area contributed by atoms with Crippen molar-refractivity contribution in [1.29, 1.82) is 0 Å². The second-order valence-corrected chi connectivity index (χ2v) is 4.84. The summed E-state index contributed by atoms with van der Waals surface area (Å²) in [6, 6.07) is 4.49. The highest BCUT2D eigenvalue weighted by Gasteiger charge is 2.03. The van der Waals surface area contributed by atoms with E-state index in [4.69, 9.17) is 0 Å². The van der Waals surface area contributed by atoms with Crippen LogP contribution in [0, 0.1) is 20.8 Å². The number of H-pyrrole nitrogens is 1. The van der Waals surface area contributed by atoms with Crippen LogP contribution in [0.3, 0.4) is 0 Å². The van der Waals surface area contributed by atoms with Gasteiger partial charge < -0.3 is 10.3 Å². The second-order valence-electron chi connectivity index (χ2n) is 4.84. The third-order valence-corrected chi connectivity index (χ3v) is 3.24. The molecular formula is C15H21N3. The van der Waals surface area contributed by atoms with E-state index < -0.39 is 0 Å². The van der Waals surface area contributed by atoms with Crippen molar-refractivity contribution in [1.82, 2.24) is 15.3 Å². The van der Waals surface area contributed by atoms with Crippen LogP contribution in [0.1, 0.15) is 28.1 Å². The molecular weight excluding hydrogens is 222 g/mol. The first-order chi connectivity index (χ1) is 8.66. The summed E-state index contributed by atoms with van der Waals surface area (Å²) in [7, 11) is 0. The van der Waals surface area contributed by atoms with Gasteiger partial charge in [-0.3, -0.25) is 0 Å². The molecule has 0 spiro atoms. The van der Waals surface area contributed by atoms with Gasteiger partial charge in [0.15, 0.2) is 0 Å². The topological polar surface area (TPSA) is 40.7 Å². The summed E-state index contributed by atoms with van der Waals surface area (Å²) in [5.74, 6) is 1.04. The summed E-state index contributed by atoms with van der Waals surface area (Å²) in [4.78, 5) is 7.33. The smallest absolute Gasteiger partial charge is 0.107 e. The maximum absolute atomic E-state index is 4.21. The van der Waals surface area contributed by atoms with Crippen molar-refractivity contribution in [3.05, 3.63) is 52.6 Å². The predicted octanol–water partition coefficient (Wildman–Crippen LogP) is 2.67. The van der Waals surface area contributed by atoms with Gasteiger partial charge in [0, 0.05) is 31.9 Å². The number of aromatic nitrogens is 2. The average molecular weight is 243 g/mol. The number of hydrogen-bond acceptors (Lipinski definition) is 2. The molecule has 1 aromatic heterocycles. The quantitative estimate of drug-likeness (QED) is 0.793. The van der Waals surface area contributed by atoms with Gasteiger partial charge in [-0.15, -0.1) is 0 Å². The Morgan fingerprint density at radius 2 is 1.89 bits per heavy atom. The minimum atomic E-state index is 0.929. The molecule has 0 fully saturated rings. The molecule has 3 nitrogen and oxygen atoms in total. The predicted molar refractivity (Wildman–Crippen MR) is 74.7 cm³/mol. The molecule has 0 saturated heterocycles. The van der Waals surface area contributed by atoms with Gasteiger partial charge in [0.1, 0.15) is 5.82 Å². The minimum absolute atomic E-state index is 0.929. The first kappa shape index (κ1) is 12.8. The number of rotatable bonds is 5. The molecule has 0 atom stereocenters. The van der Waals surface area contributed by atoms with Gasteiger partial charge in [-0.1, -0.05) is 17.7 Å². The molecule has 0 aliphatic carbocycles. The molecule has 0 amide bonds. The fraction of sp³-hybridized carbons (Fsp3) is 0.400. The number of benzene rings is 1. The highest BCUT2D eigenvalue weighted by Crippen LogP contribution is 2.15. The SMILES string of the molecule is Cc1cc(C)c(CNCCc2ncc[nH]2)c(C)c1. The maximum atomic E-state index is 4.21. The Morgan fingerprint density at radius 1 is 1.17 bits per heavy atom. The van der Waals surface area contributed by atoms with E-state index in [1.165, 1.54) is 22.3 Å². The summed E-state index contributed by atoms with van der Waals surface area (Å²) < 4.78 is 0. The molecule has 0 aliphatic heterocycles. The number of nitrogens with zero attached hydrogens (tertiary/aromatic N) is 1. The van der Waals surface area contributed by atoms with Crippen molar-refractivity contribution in [2.24, 2.45) is 0 Å². The number of imidazole rings is 1. The zero-order valence-corrected chi connectivity index (χ0v) is 11.4. The fourth-order valence-corrected chi connectivity index (χ4v) is 2.34. The summed E-state index contributed by atoms with van der Waals surface area (Å²) in [6.07, 6.45) is 4.60. The molecule has 2 aromatic rings. The highest BCUT2D eigenvalue weighted by molar-refractivity contribution is 5.37. The third-order valence-electron chi connectivity index (χ3n) is 3.24. The van der Waals surface area contributed by atoms with Crippen LogP contribution in [-0.4, -0.2) is 16.5 Å². The summed E-state index contributed by atoms with van der Waals surface area (Å²) >= 11 is 0. The van der Waals surface area contributed by atoms with Gasteiger partial charge in [-0.2, -0.15) is 0 Å². The van der Waals surface area contributed by atoms with Gasteiger partial charge in [-0.05, 0) is 37.5 Å². The van der Waals surface area contributed by atoms with Crippen molar-refractivity contribution < 1.29 is 0 Å². The zero-order chi connectivity index (χ0) is 13.0. The number of aryl methyl sites for hydroxylation is 3. The van der Waals surface area contributed by atoms with Gasteiger partial charge in [-0.25, -0.2) is 4.98 Å². The lowest BCUT2D eigenvalue weighted by Gasteiger charge is -2.12. The van der Waals surface area contributed by atoms with Gasteiger partial charge in [0.25, 0.3) is 0 Å². The van der Waals surface area contributed by atoms with E-state index in [1.54, 1.807) is 6.20 Å². The van der Waals surface area contributed by atoms with E-state index >= 15 is 0 Å². The molecule has 2 N–H and O–H groups in total. The van der Waals surface area contributed by atoms with Crippen LogP contribution < -0.4 is 5.32 Å². The maximum Gasteiger partial charge on any atom is 0.107 e. The zero-order valence-electron chi connectivity index (χ0n) is 11.4. The highest BCUT2D eigenvalue weighted by atomic mass is 14.9. The van der Waals surface area contributed by atoms with Crippen molar-refractivity contribution in [2.75, 3.05) is 6.54 Å². The molecule has 1 aromatic carbocycles. The normalized spacial score (nSPS) is 10.8. The third kappa shape index (κ3) is 3.20. The lowest BCUT2D eigenvalue weighted by molar-refractivity contribution is 0.669. The van der Waals surface area contributed by atoms with Crippen molar-refractivity contribution in [3.8, 4) is 0 Å². The van der Waals surface area contributed by atoms with E-state index in [9.17, 15) is 0 Å². The van der Waals surface area contributed by atoms with E-state index in [0.29, 0.717) is 0 Å². The van der Waals surface area contributed by atoms with Gasteiger partial charge in [0.2, 0.25) is 0 Å². The van der Waals surface area contributed by atoms with Gasteiger partial charge in [0.05, 0.1) is 0 Å². The molecule has 0 radical (unpaired) electrons. The molecule has 1 heterocycles. The summed E-state index contributed by atoms with van der Waals surface area (Å²) in [6.45, 7) is 8.39. The molecule has 0 saturated carbocycles. The Hall–Kier alpha value is -1.61. The molecule has 3 heteroatoms. The number of aromatic amines is 1. The van der Waals surface area contributed by atoms with Crippen LogP contribution >= 0.6 is 0 Å². The first-order valence-electron chi connectivity index (χ1n) is 6.42.